The Morgan fingerprint density at radius 2 is 2.00 bits per heavy atom. The summed E-state index contributed by atoms with van der Waals surface area (Å²) in [7, 11) is 0. The summed E-state index contributed by atoms with van der Waals surface area (Å²) in [5.41, 5.74) is 4.75. The van der Waals surface area contributed by atoms with Crippen molar-refractivity contribution in [1.29, 1.82) is 0 Å². The molecule has 0 radical (unpaired) electrons. The predicted octanol–water partition coefficient (Wildman–Crippen LogP) is 2.73. The molecule has 6 heteroatoms. The third-order valence-electron chi connectivity index (χ3n) is 5.06. The molecule has 1 N–H and O–H groups in total. The molecule has 0 amide bonds. The van der Waals surface area contributed by atoms with Crippen molar-refractivity contribution in [3.63, 3.8) is 0 Å². The fourth-order valence-electron chi connectivity index (χ4n) is 3.40. The van der Waals surface area contributed by atoms with Crippen molar-refractivity contribution >= 4 is 0 Å². The lowest BCUT2D eigenvalue weighted by Crippen LogP contribution is -2.29. The van der Waals surface area contributed by atoms with Gasteiger partial charge in [-0.3, -0.25) is 0 Å². The van der Waals surface area contributed by atoms with Crippen LogP contribution in [0.1, 0.15) is 35.6 Å². The van der Waals surface area contributed by atoms with E-state index in [0.29, 0.717) is 6.04 Å². The number of aromatic nitrogens is 5. The molecule has 0 spiro atoms. The van der Waals surface area contributed by atoms with Crippen LogP contribution in [-0.4, -0.2) is 37.6 Å². The van der Waals surface area contributed by atoms with Crippen molar-refractivity contribution < 1.29 is 0 Å². The average molecular weight is 336 g/mol. The van der Waals surface area contributed by atoms with E-state index in [1.807, 2.05) is 23.3 Å². The van der Waals surface area contributed by atoms with Crippen LogP contribution in [0.2, 0.25) is 0 Å². The van der Waals surface area contributed by atoms with E-state index in [2.05, 4.69) is 57.2 Å². The number of aryl methyl sites for hydroxylation is 2. The van der Waals surface area contributed by atoms with Gasteiger partial charge in [-0.1, -0.05) is 23.4 Å². The van der Waals surface area contributed by atoms with E-state index < -0.39 is 0 Å². The summed E-state index contributed by atoms with van der Waals surface area (Å²) in [5, 5.41) is 12.1. The van der Waals surface area contributed by atoms with Crippen molar-refractivity contribution in [3.05, 3.63) is 53.5 Å². The average Bonchev–Trinajstić information content (AvgIpc) is 3.28. The normalized spacial score (nSPS) is 15.6. The molecule has 4 rings (SSSR count). The standard InChI is InChI=1S/C19H24N6/c1-14-3-4-16(11-15(14)2)12-24-10-9-21-19(24)18-13-25(23-22-18)17-5-7-20-8-6-17/h3-4,9-11,13,17,20H,5-8,12H2,1-2H3. The van der Waals surface area contributed by atoms with Gasteiger partial charge in [0.15, 0.2) is 5.82 Å². The van der Waals surface area contributed by atoms with Crippen molar-refractivity contribution in [3.8, 4) is 11.5 Å². The monoisotopic (exact) mass is 336 g/mol. The van der Waals surface area contributed by atoms with Gasteiger partial charge >= 0.3 is 0 Å². The topological polar surface area (TPSA) is 60.6 Å². The van der Waals surface area contributed by atoms with Crippen molar-refractivity contribution in [2.24, 2.45) is 0 Å². The SMILES string of the molecule is Cc1ccc(Cn2ccnc2-c2cn(C3CCNCC3)nn2)cc1C. The van der Waals surface area contributed by atoms with E-state index >= 15 is 0 Å². The molecule has 1 fully saturated rings. The van der Waals surface area contributed by atoms with Crippen LogP contribution in [-0.2, 0) is 6.54 Å². The first-order chi connectivity index (χ1) is 12.2. The number of nitrogens with zero attached hydrogens (tertiary/aromatic N) is 5. The maximum atomic E-state index is 4.52. The molecule has 1 aliphatic heterocycles. The van der Waals surface area contributed by atoms with Crippen LogP contribution in [0.3, 0.4) is 0 Å². The van der Waals surface area contributed by atoms with Gasteiger partial charge in [0.1, 0.15) is 5.69 Å². The zero-order valence-corrected chi connectivity index (χ0v) is 14.8. The summed E-state index contributed by atoms with van der Waals surface area (Å²) in [5.74, 6) is 0.874. The van der Waals surface area contributed by atoms with Crippen molar-refractivity contribution in [2.75, 3.05) is 13.1 Å². The molecule has 1 saturated heterocycles. The molecule has 0 atom stereocenters. The van der Waals surface area contributed by atoms with Gasteiger partial charge in [-0.25, -0.2) is 9.67 Å². The summed E-state index contributed by atoms with van der Waals surface area (Å²) in [6.07, 6.45) is 8.07. The molecule has 0 unspecified atom stereocenters. The maximum absolute atomic E-state index is 4.52. The van der Waals surface area contributed by atoms with Gasteiger partial charge in [0, 0.05) is 18.9 Å². The van der Waals surface area contributed by atoms with Crippen molar-refractivity contribution in [2.45, 2.75) is 39.3 Å². The molecule has 25 heavy (non-hydrogen) atoms. The highest BCUT2D eigenvalue weighted by Gasteiger charge is 2.18. The van der Waals surface area contributed by atoms with Gasteiger partial charge in [0.05, 0.1) is 12.2 Å². The number of nitrogens with one attached hydrogen (secondary N) is 1. The summed E-state index contributed by atoms with van der Waals surface area (Å²) >= 11 is 0. The lowest BCUT2D eigenvalue weighted by atomic mass is 10.1. The minimum Gasteiger partial charge on any atom is -0.325 e. The molecule has 1 aliphatic rings. The molecule has 0 bridgehead atoms. The minimum atomic E-state index is 0.436. The van der Waals surface area contributed by atoms with E-state index in [1.54, 1.807) is 0 Å². The number of rotatable bonds is 4. The summed E-state index contributed by atoms with van der Waals surface area (Å²) in [6.45, 7) is 7.16. The highest BCUT2D eigenvalue weighted by molar-refractivity contribution is 5.48. The molecule has 3 aromatic rings. The van der Waals surface area contributed by atoms with Gasteiger partial charge in [0.2, 0.25) is 0 Å². The molecule has 2 aromatic heterocycles. The Hall–Kier alpha value is -2.47. The zero-order chi connectivity index (χ0) is 17.2. The molecule has 6 nitrogen and oxygen atoms in total. The second-order valence-corrected chi connectivity index (χ2v) is 6.86. The molecular formula is C19H24N6. The van der Waals surface area contributed by atoms with E-state index in [1.165, 1.54) is 16.7 Å². The van der Waals surface area contributed by atoms with Gasteiger partial charge in [0.25, 0.3) is 0 Å². The van der Waals surface area contributed by atoms with E-state index in [9.17, 15) is 0 Å². The van der Waals surface area contributed by atoms with Crippen LogP contribution in [0.15, 0.2) is 36.8 Å². The van der Waals surface area contributed by atoms with Gasteiger partial charge in [-0.15, -0.1) is 5.10 Å². The number of imidazole rings is 1. The van der Waals surface area contributed by atoms with Crippen LogP contribution in [0.25, 0.3) is 11.5 Å². The second-order valence-electron chi connectivity index (χ2n) is 6.86. The first-order valence-corrected chi connectivity index (χ1v) is 8.91. The van der Waals surface area contributed by atoms with Crippen LogP contribution in [0.4, 0.5) is 0 Å². The van der Waals surface area contributed by atoms with Crippen molar-refractivity contribution in [1.82, 2.24) is 29.9 Å². The first-order valence-electron chi connectivity index (χ1n) is 8.91. The Morgan fingerprint density at radius 1 is 1.16 bits per heavy atom. The molecule has 3 heterocycles. The van der Waals surface area contributed by atoms with Gasteiger partial charge in [-0.05, 0) is 56.5 Å². The highest BCUT2D eigenvalue weighted by atomic mass is 15.4. The van der Waals surface area contributed by atoms with Crippen LogP contribution >= 0.6 is 0 Å². The maximum Gasteiger partial charge on any atom is 0.162 e. The quantitative estimate of drug-likeness (QED) is 0.796. The number of hydrogen-bond acceptors (Lipinski definition) is 4. The minimum absolute atomic E-state index is 0.436. The van der Waals surface area contributed by atoms with E-state index in [0.717, 1.165) is 44.0 Å². The molecular weight excluding hydrogens is 312 g/mol. The summed E-state index contributed by atoms with van der Waals surface area (Å²) in [4.78, 5) is 4.52. The van der Waals surface area contributed by atoms with Gasteiger partial charge in [-0.2, -0.15) is 0 Å². The zero-order valence-electron chi connectivity index (χ0n) is 14.8. The van der Waals surface area contributed by atoms with E-state index in [-0.39, 0.29) is 0 Å². The van der Waals surface area contributed by atoms with Gasteiger partial charge < -0.3 is 9.88 Å². The lowest BCUT2D eigenvalue weighted by molar-refractivity contribution is 0.337. The fourth-order valence-corrected chi connectivity index (χ4v) is 3.40. The molecule has 0 saturated carbocycles. The lowest BCUT2D eigenvalue weighted by Gasteiger charge is -2.22. The number of piperidine rings is 1. The largest absolute Gasteiger partial charge is 0.325 e. The fraction of sp³-hybridized carbons (Fsp3) is 0.421. The number of benzene rings is 1. The molecule has 130 valence electrons. The van der Waals surface area contributed by atoms with Crippen LogP contribution in [0.5, 0.6) is 0 Å². The van der Waals surface area contributed by atoms with Crippen LogP contribution < -0.4 is 5.32 Å². The highest BCUT2D eigenvalue weighted by Crippen LogP contribution is 2.21. The summed E-state index contributed by atoms with van der Waals surface area (Å²) < 4.78 is 4.14. The first kappa shape index (κ1) is 16.0. The Morgan fingerprint density at radius 3 is 2.80 bits per heavy atom. The summed E-state index contributed by atoms with van der Waals surface area (Å²) in [6, 6.07) is 7.03. The molecule has 0 aliphatic carbocycles. The smallest absolute Gasteiger partial charge is 0.162 e. The Bertz CT molecular complexity index is 856. The van der Waals surface area contributed by atoms with Crippen LogP contribution in [0, 0.1) is 13.8 Å². The Balaban J connectivity index is 1.57. The Kier molecular flexibility index (Phi) is 4.36. The third kappa shape index (κ3) is 3.35. The third-order valence-corrected chi connectivity index (χ3v) is 5.06. The Labute approximate surface area is 147 Å². The predicted molar refractivity (Wildman–Crippen MR) is 97.4 cm³/mol. The second kappa shape index (κ2) is 6.80. The molecule has 1 aromatic carbocycles. The van der Waals surface area contributed by atoms with E-state index in [4.69, 9.17) is 0 Å². The number of hydrogen-bond donors (Lipinski definition) is 1.